The van der Waals surface area contributed by atoms with E-state index in [1.165, 1.54) is 29.2 Å². The normalized spacial score (nSPS) is 10.9. The summed E-state index contributed by atoms with van der Waals surface area (Å²) in [6.45, 7) is 3.76. The van der Waals surface area contributed by atoms with E-state index in [4.69, 9.17) is 0 Å². The molecule has 2 N–H and O–H groups in total. The highest BCUT2D eigenvalue weighted by atomic mass is 32.2. The molecule has 0 saturated carbocycles. The van der Waals surface area contributed by atoms with Crippen molar-refractivity contribution in [2.75, 3.05) is 11.1 Å². The second kappa shape index (κ2) is 6.51. The van der Waals surface area contributed by atoms with E-state index in [1.54, 1.807) is 6.92 Å². The smallest absolute Gasteiger partial charge is 0.251 e. The average molecular weight is 346 g/mol. The third kappa shape index (κ3) is 3.96. The lowest BCUT2D eigenvalue weighted by Gasteiger charge is -2.02. The second-order valence-electron chi connectivity index (χ2n) is 5.02. The molecule has 2 heterocycles. The van der Waals surface area contributed by atoms with Gasteiger partial charge in [-0.3, -0.25) is 9.59 Å². The van der Waals surface area contributed by atoms with Gasteiger partial charge >= 0.3 is 0 Å². The summed E-state index contributed by atoms with van der Waals surface area (Å²) < 4.78 is 1.04. The molecule has 0 saturated heterocycles. The summed E-state index contributed by atoms with van der Waals surface area (Å²) in [5.41, 5.74) is 2.43. The molecule has 3 aromatic rings. The molecule has 8 heteroatoms. The van der Waals surface area contributed by atoms with E-state index in [0.717, 1.165) is 15.8 Å². The lowest BCUT2D eigenvalue weighted by atomic mass is 10.2. The van der Waals surface area contributed by atoms with Crippen molar-refractivity contribution in [3.8, 4) is 0 Å². The molecule has 1 amide bonds. The Bertz CT molecular complexity index is 933. The van der Waals surface area contributed by atoms with E-state index in [-0.39, 0.29) is 17.2 Å². The number of thioether (sulfide) groups is 1. The number of benzene rings is 1. The monoisotopic (exact) mass is 346 g/mol. The molecule has 0 aliphatic carbocycles. The number of hydrogen-bond acceptors (Lipinski definition) is 6. The fourth-order valence-electron chi connectivity index (χ4n) is 1.99. The molecule has 0 aliphatic heterocycles. The minimum Gasteiger partial charge on any atom is -0.301 e. The highest BCUT2D eigenvalue weighted by Gasteiger charge is 2.09. The van der Waals surface area contributed by atoms with Gasteiger partial charge in [-0.25, -0.2) is 9.97 Å². The van der Waals surface area contributed by atoms with Crippen molar-refractivity contribution in [3.63, 3.8) is 0 Å². The molecule has 0 fully saturated rings. The van der Waals surface area contributed by atoms with E-state index in [2.05, 4.69) is 20.3 Å². The van der Waals surface area contributed by atoms with E-state index in [1.807, 2.05) is 25.1 Å². The van der Waals surface area contributed by atoms with E-state index in [0.29, 0.717) is 16.0 Å². The molecule has 0 radical (unpaired) electrons. The molecule has 0 bridgehead atoms. The van der Waals surface area contributed by atoms with Gasteiger partial charge in [-0.1, -0.05) is 29.2 Å². The standard InChI is InChI=1S/C15H14N4O2S2/c1-8-3-4-10-11(5-8)23-15(17-10)19-13(21)7-22-14-16-9(2)6-12(20)18-14/h3-6H,7H2,1-2H3,(H,16,18,20)(H,17,19,21). The van der Waals surface area contributed by atoms with Crippen LogP contribution in [0.25, 0.3) is 10.2 Å². The molecule has 23 heavy (non-hydrogen) atoms. The number of nitrogens with one attached hydrogen (secondary N) is 2. The molecular formula is C15H14N4O2S2. The zero-order chi connectivity index (χ0) is 16.4. The minimum atomic E-state index is -0.220. The number of amides is 1. The number of aryl methyl sites for hydroxylation is 2. The van der Waals surface area contributed by atoms with Crippen LogP contribution in [-0.4, -0.2) is 26.6 Å². The Morgan fingerprint density at radius 1 is 1.30 bits per heavy atom. The topological polar surface area (TPSA) is 87.7 Å². The van der Waals surface area contributed by atoms with Gasteiger partial charge < -0.3 is 10.3 Å². The SMILES string of the molecule is Cc1ccc2nc(NC(=O)CSc3nc(C)cc(=O)[nH]3)sc2c1. The first kappa shape index (κ1) is 15.7. The maximum Gasteiger partial charge on any atom is 0.251 e. The highest BCUT2D eigenvalue weighted by Crippen LogP contribution is 2.26. The third-order valence-electron chi connectivity index (χ3n) is 2.98. The molecule has 118 valence electrons. The lowest BCUT2D eigenvalue weighted by molar-refractivity contribution is -0.113. The Balaban J connectivity index is 1.65. The van der Waals surface area contributed by atoms with Crippen molar-refractivity contribution in [1.82, 2.24) is 15.0 Å². The summed E-state index contributed by atoms with van der Waals surface area (Å²) in [7, 11) is 0. The summed E-state index contributed by atoms with van der Waals surface area (Å²) in [6, 6.07) is 7.38. The number of H-pyrrole nitrogens is 1. The van der Waals surface area contributed by atoms with Crippen molar-refractivity contribution < 1.29 is 4.79 Å². The maximum absolute atomic E-state index is 12.0. The minimum absolute atomic E-state index is 0.154. The zero-order valence-corrected chi connectivity index (χ0v) is 14.2. The second-order valence-corrected chi connectivity index (χ2v) is 7.01. The van der Waals surface area contributed by atoms with Gasteiger partial charge in [-0.05, 0) is 31.5 Å². The van der Waals surface area contributed by atoms with Gasteiger partial charge in [-0.15, -0.1) is 0 Å². The molecule has 0 unspecified atom stereocenters. The number of rotatable bonds is 4. The van der Waals surface area contributed by atoms with Crippen molar-refractivity contribution in [2.24, 2.45) is 0 Å². The van der Waals surface area contributed by atoms with Gasteiger partial charge in [0.1, 0.15) is 0 Å². The van der Waals surface area contributed by atoms with Crippen LogP contribution < -0.4 is 10.9 Å². The summed E-state index contributed by atoms with van der Waals surface area (Å²) in [5.74, 6) is -0.0311. The molecule has 6 nitrogen and oxygen atoms in total. The first-order valence-corrected chi connectivity index (χ1v) is 8.67. The van der Waals surface area contributed by atoms with Gasteiger partial charge in [-0.2, -0.15) is 0 Å². The average Bonchev–Trinajstić information content (AvgIpc) is 2.85. The quantitative estimate of drug-likeness (QED) is 0.560. The number of fused-ring (bicyclic) bond motifs is 1. The first-order chi connectivity index (χ1) is 11.0. The number of aromatic amines is 1. The Morgan fingerprint density at radius 2 is 2.13 bits per heavy atom. The van der Waals surface area contributed by atoms with Crippen LogP contribution in [0.1, 0.15) is 11.3 Å². The molecule has 3 rings (SSSR count). The number of anilines is 1. The summed E-state index contributed by atoms with van der Waals surface area (Å²) in [5, 5.41) is 3.78. The van der Waals surface area contributed by atoms with Crippen LogP contribution in [0.4, 0.5) is 5.13 Å². The van der Waals surface area contributed by atoms with Crippen LogP contribution in [0.3, 0.4) is 0 Å². The summed E-state index contributed by atoms with van der Waals surface area (Å²) in [6.07, 6.45) is 0. The van der Waals surface area contributed by atoms with Gasteiger partial charge in [0, 0.05) is 11.8 Å². The molecule has 0 aliphatic rings. The van der Waals surface area contributed by atoms with E-state index < -0.39 is 0 Å². The highest BCUT2D eigenvalue weighted by molar-refractivity contribution is 7.99. The Labute approximate surface area is 140 Å². The number of carbonyl (C=O) groups is 1. The Kier molecular flexibility index (Phi) is 4.44. The van der Waals surface area contributed by atoms with Crippen molar-refractivity contribution in [3.05, 3.63) is 45.9 Å². The van der Waals surface area contributed by atoms with Crippen LogP contribution in [0.2, 0.25) is 0 Å². The molecule has 1 aromatic carbocycles. The molecule has 0 spiro atoms. The Hall–Kier alpha value is -2.19. The lowest BCUT2D eigenvalue weighted by Crippen LogP contribution is -2.15. The van der Waals surface area contributed by atoms with Crippen LogP contribution in [0.5, 0.6) is 0 Å². The van der Waals surface area contributed by atoms with E-state index in [9.17, 15) is 9.59 Å². The zero-order valence-electron chi connectivity index (χ0n) is 12.5. The van der Waals surface area contributed by atoms with Crippen molar-refractivity contribution >= 4 is 44.4 Å². The first-order valence-electron chi connectivity index (χ1n) is 6.87. The number of hydrogen-bond donors (Lipinski definition) is 2. The fourth-order valence-corrected chi connectivity index (χ4v) is 3.70. The van der Waals surface area contributed by atoms with Crippen molar-refractivity contribution in [2.45, 2.75) is 19.0 Å². The number of carbonyl (C=O) groups excluding carboxylic acids is 1. The number of aromatic nitrogens is 3. The van der Waals surface area contributed by atoms with Crippen LogP contribution in [-0.2, 0) is 4.79 Å². The predicted octanol–water partition coefficient (Wildman–Crippen LogP) is 2.73. The van der Waals surface area contributed by atoms with Crippen molar-refractivity contribution in [1.29, 1.82) is 0 Å². The van der Waals surface area contributed by atoms with Gasteiger partial charge in [0.15, 0.2) is 10.3 Å². The fraction of sp³-hybridized carbons (Fsp3) is 0.200. The van der Waals surface area contributed by atoms with Gasteiger partial charge in [0.25, 0.3) is 5.56 Å². The maximum atomic E-state index is 12.0. The van der Waals surface area contributed by atoms with Crippen LogP contribution in [0.15, 0.2) is 34.2 Å². The largest absolute Gasteiger partial charge is 0.301 e. The van der Waals surface area contributed by atoms with Gasteiger partial charge in [0.2, 0.25) is 5.91 Å². The van der Waals surface area contributed by atoms with Gasteiger partial charge in [0.05, 0.1) is 16.0 Å². The van der Waals surface area contributed by atoms with Crippen LogP contribution >= 0.6 is 23.1 Å². The number of thiazole rings is 1. The molecular weight excluding hydrogens is 332 g/mol. The summed E-state index contributed by atoms with van der Waals surface area (Å²) >= 11 is 2.62. The summed E-state index contributed by atoms with van der Waals surface area (Å²) in [4.78, 5) is 34.5. The molecule has 2 aromatic heterocycles. The van der Waals surface area contributed by atoms with Crippen LogP contribution in [0, 0.1) is 13.8 Å². The molecule has 0 atom stereocenters. The number of nitrogens with zero attached hydrogens (tertiary/aromatic N) is 2. The third-order valence-corrected chi connectivity index (χ3v) is 4.79. The Morgan fingerprint density at radius 3 is 2.91 bits per heavy atom. The van der Waals surface area contributed by atoms with E-state index >= 15 is 0 Å². The predicted molar refractivity (Wildman–Crippen MR) is 93.3 cm³/mol.